The first-order valence-electron chi connectivity index (χ1n) is 10.7. The monoisotopic (exact) mass is 432 g/mol. The molecule has 1 aromatic carbocycles. The van der Waals surface area contributed by atoms with Crippen molar-refractivity contribution in [3.05, 3.63) is 78.5 Å². The predicted octanol–water partition coefficient (Wildman–Crippen LogP) is 3.60. The van der Waals surface area contributed by atoms with E-state index in [-0.39, 0.29) is 18.0 Å². The largest absolute Gasteiger partial charge is 0.489 e. The van der Waals surface area contributed by atoms with Crippen LogP contribution in [0.5, 0.6) is 5.75 Å². The molecule has 1 atom stereocenters. The third-order valence-corrected chi connectivity index (χ3v) is 5.93. The van der Waals surface area contributed by atoms with Gasteiger partial charge < -0.3 is 24.3 Å². The lowest BCUT2D eigenvalue weighted by molar-refractivity contribution is 0.0771. The Morgan fingerprint density at radius 1 is 1.06 bits per heavy atom. The van der Waals surface area contributed by atoms with Crippen molar-refractivity contribution < 1.29 is 18.7 Å². The normalized spacial score (nSPS) is 18.3. The van der Waals surface area contributed by atoms with Crippen LogP contribution in [0.4, 0.5) is 10.5 Å². The molecule has 32 heavy (non-hydrogen) atoms. The number of pyridine rings is 1. The molecule has 2 saturated heterocycles. The van der Waals surface area contributed by atoms with Crippen LogP contribution in [0.2, 0.25) is 0 Å². The maximum Gasteiger partial charge on any atom is 0.321 e. The first kappa shape index (κ1) is 20.1. The Kier molecular flexibility index (Phi) is 5.49. The summed E-state index contributed by atoms with van der Waals surface area (Å²) in [7, 11) is 0. The average molecular weight is 432 g/mol. The van der Waals surface area contributed by atoms with Crippen LogP contribution in [-0.4, -0.2) is 59.0 Å². The fraction of sp³-hybridized carbons (Fsp3) is 0.292. The van der Waals surface area contributed by atoms with E-state index in [4.69, 9.17) is 9.15 Å². The van der Waals surface area contributed by atoms with E-state index in [9.17, 15) is 9.59 Å². The molecule has 1 N–H and O–H groups in total. The summed E-state index contributed by atoms with van der Waals surface area (Å²) >= 11 is 0. The van der Waals surface area contributed by atoms with E-state index >= 15 is 0 Å². The molecule has 2 fully saturated rings. The standard InChI is InChI=1S/C24H24N4O4/c29-23(18-8-11-31-16-18)27-10-7-22(15-27)32-21-5-3-20(4-6-21)26-24(30)28-13-19(14-28)17-2-1-9-25-12-17/h1-6,8-9,11-12,16,19,22H,7,10,13-15H2,(H,26,30)/t22-/m1/s1. The van der Waals surface area contributed by atoms with E-state index in [0.717, 1.165) is 17.7 Å². The summed E-state index contributed by atoms with van der Waals surface area (Å²) in [6, 6.07) is 12.9. The van der Waals surface area contributed by atoms with Crippen molar-refractivity contribution in [3.8, 4) is 5.75 Å². The Morgan fingerprint density at radius 3 is 2.62 bits per heavy atom. The quantitative estimate of drug-likeness (QED) is 0.666. The summed E-state index contributed by atoms with van der Waals surface area (Å²) in [5.41, 5.74) is 2.44. The number of nitrogens with zero attached hydrogens (tertiary/aromatic N) is 3. The zero-order valence-corrected chi connectivity index (χ0v) is 17.5. The van der Waals surface area contributed by atoms with Gasteiger partial charge in [-0.1, -0.05) is 6.07 Å². The minimum absolute atomic E-state index is 0.0420. The number of carbonyl (C=O) groups excluding carboxylic acids is 2. The molecule has 8 nitrogen and oxygen atoms in total. The zero-order chi connectivity index (χ0) is 21.9. The number of rotatable bonds is 5. The third kappa shape index (κ3) is 4.30. The Labute approximate surface area is 185 Å². The minimum Gasteiger partial charge on any atom is -0.489 e. The summed E-state index contributed by atoms with van der Waals surface area (Å²) < 4.78 is 11.0. The van der Waals surface area contributed by atoms with E-state index in [1.807, 2.05) is 42.6 Å². The molecule has 2 aromatic heterocycles. The van der Waals surface area contributed by atoms with E-state index < -0.39 is 0 Å². The van der Waals surface area contributed by atoms with Gasteiger partial charge in [0.1, 0.15) is 18.1 Å². The van der Waals surface area contributed by atoms with Crippen LogP contribution in [-0.2, 0) is 0 Å². The van der Waals surface area contributed by atoms with Crippen molar-refractivity contribution in [1.82, 2.24) is 14.8 Å². The van der Waals surface area contributed by atoms with E-state index in [1.165, 1.54) is 12.5 Å². The van der Waals surface area contributed by atoms with Gasteiger partial charge in [-0.2, -0.15) is 0 Å². The third-order valence-electron chi connectivity index (χ3n) is 5.93. The van der Waals surface area contributed by atoms with Gasteiger partial charge in [-0.05, 0) is 42.0 Å². The van der Waals surface area contributed by atoms with Crippen molar-refractivity contribution >= 4 is 17.6 Å². The van der Waals surface area contributed by atoms with Crippen molar-refractivity contribution in [2.45, 2.75) is 18.4 Å². The second kappa shape index (κ2) is 8.74. The van der Waals surface area contributed by atoms with E-state index in [0.29, 0.717) is 43.4 Å². The number of furan rings is 1. The Bertz CT molecular complexity index is 1060. The number of anilines is 1. The highest BCUT2D eigenvalue weighted by Crippen LogP contribution is 2.27. The maximum absolute atomic E-state index is 12.5. The molecule has 4 heterocycles. The molecule has 0 unspecified atom stereocenters. The lowest BCUT2D eigenvalue weighted by Gasteiger charge is -2.39. The molecule has 3 aromatic rings. The zero-order valence-electron chi connectivity index (χ0n) is 17.5. The fourth-order valence-electron chi connectivity index (χ4n) is 4.06. The lowest BCUT2D eigenvalue weighted by atomic mass is 9.93. The van der Waals surface area contributed by atoms with Crippen molar-refractivity contribution in [1.29, 1.82) is 0 Å². The number of amides is 3. The van der Waals surface area contributed by atoms with Gasteiger partial charge in [0.25, 0.3) is 5.91 Å². The van der Waals surface area contributed by atoms with Gasteiger partial charge in [0.2, 0.25) is 0 Å². The number of urea groups is 1. The molecular weight excluding hydrogens is 408 g/mol. The molecule has 0 saturated carbocycles. The number of nitrogens with one attached hydrogen (secondary N) is 1. The fourth-order valence-corrected chi connectivity index (χ4v) is 4.06. The van der Waals surface area contributed by atoms with E-state index in [2.05, 4.69) is 10.3 Å². The maximum atomic E-state index is 12.5. The van der Waals surface area contributed by atoms with Crippen LogP contribution in [0.15, 0.2) is 71.8 Å². The van der Waals surface area contributed by atoms with Crippen LogP contribution in [0.1, 0.15) is 28.3 Å². The topological polar surface area (TPSA) is 87.9 Å². The highest BCUT2D eigenvalue weighted by atomic mass is 16.5. The predicted molar refractivity (Wildman–Crippen MR) is 118 cm³/mol. The molecule has 2 aliphatic heterocycles. The summed E-state index contributed by atoms with van der Waals surface area (Å²) in [4.78, 5) is 32.6. The van der Waals surface area contributed by atoms with Crippen LogP contribution in [0.25, 0.3) is 0 Å². The number of benzene rings is 1. The summed E-state index contributed by atoms with van der Waals surface area (Å²) in [5.74, 6) is 1.02. The van der Waals surface area contributed by atoms with Gasteiger partial charge in [-0.15, -0.1) is 0 Å². The van der Waals surface area contributed by atoms with Crippen LogP contribution in [0, 0.1) is 0 Å². The molecule has 2 aliphatic rings. The summed E-state index contributed by atoms with van der Waals surface area (Å²) in [5, 5.41) is 2.93. The van der Waals surface area contributed by atoms with Crippen molar-refractivity contribution in [2.75, 3.05) is 31.5 Å². The first-order chi connectivity index (χ1) is 15.7. The van der Waals surface area contributed by atoms with Gasteiger partial charge >= 0.3 is 6.03 Å². The molecule has 0 aliphatic carbocycles. The Balaban J connectivity index is 1.09. The molecule has 8 heteroatoms. The van der Waals surface area contributed by atoms with Crippen LogP contribution in [0.3, 0.4) is 0 Å². The van der Waals surface area contributed by atoms with Gasteiger partial charge in [-0.3, -0.25) is 9.78 Å². The number of ether oxygens (including phenoxy) is 1. The molecule has 3 amide bonds. The molecule has 0 radical (unpaired) electrons. The Morgan fingerprint density at radius 2 is 1.91 bits per heavy atom. The molecule has 0 bridgehead atoms. The summed E-state index contributed by atoms with van der Waals surface area (Å²) in [6.45, 7) is 2.57. The number of hydrogen-bond acceptors (Lipinski definition) is 5. The molecule has 5 rings (SSSR count). The Hall–Kier alpha value is -3.81. The number of carbonyl (C=O) groups is 2. The second-order valence-electron chi connectivity index (χ2n) is 8.13. The van der Waals surface area contributed by atoms with Gasteiger partial charge in [-0.25, -0.2) is 4.79 Å². The molecule has 0 spiro atoms. The van der Waals surface area contributed by atoms with Gasteiger partial charge in [0.05, 0.1) is 18.4 Å². The van der Waals surface area contributed by atoms with Crippen molar-refractivity contribution in [3.63, 3.8) is 0 Å². The minimum atomic E-state index is -0.108. The molecule has 164 valence electrons. The summed E-state index contributed by atoms with van der Waals surface area (Å²) in [6.07, 6.45) is 7.28. The average Bonchev–Trinajstić information content (AvgIpc) is 3.47. The molecular formula is C24H24N4O4. The second-order valence-corrected chi connectivity index (χ2v) is 8.13. The smallest absolute Gasteiger partial charge is 0.321 e. The van der Waals surface area contributed by atoms with E-state index in [1.54, 1.807) is 22.1 Å². The number of likely N-dealkylation sites (tertiary alicyclic amines) is 2. The SMILES string of the molecule is O=C(Nc1ccc(O[C@@H]2CCN(C(=O)c3ccoc3)C2)cc1)N1CC(c2cccnc2)C1. The number of hydrogen-bond donors (Lipinski definition) is 1. The highest BCUT2D eigenvalue weighted by Gasteiger charge is 2.32. The van der Waals surface area contributed by atoms with Crippen LogP contribution >= 0.6 is 0 Å². The number of aromatic nitrogens is 1. The lowest BCUT2D eigenvalue weighted by Crippen LogP contribution is -2.50. The first-order valence-corrected chi connectivity index (χ1v) is 10.7. The highest BCUT2D eigenvalue weighted by molar-refractivity contribution is 5.94. The van der Waals surface area contributed by atoms with Crippen LogP contribution < -0.4 is 10.1 Å². The van der Waals surface area contributed by atoms with Gasteiger partial charge in [0, 0.05) is 50.1 Å². The van der Waals surface area contributed by atoms with Gasteiger partial charge in [0.15, 0.2) is 0 Å². The van der Waals surface area contributed by atoms with Crippen molar-refractivity contribution in [2.24, 2.45) is 0 Å².